The standard InChI is InChI=1S/C32H27ClN6O3S2/c1-41-16-13-34-19-21-7-9-26(36-20-21)29-18-27-30(44-29)28(11-12-35-27)42-23-8-10-25(24(33)17-23)37-31(40)39-15-14-38(32(39)43)22-5-3-2-4-6-22/h2-12,14-15,17-18,20,34H,13,16,19H2,1H3,(H,37,40). The smallest absolute Gasteiger partial charge is 0.332 e. The Morgan fingerprint density at radius 1 is 1.05 bits per heavy atom. The molecule has 0 aliphatic rings. The Morgan fingerprint density at radius 2 is 1.91 bits per heavy atom. The number of benzene rings is 2. The van der Waals surface area contributed by atoms with E-state index in [2.05, 4.69) is 26.7 Å². The Labute approximate surface area is 267 Å². The van der Waals surface area contributed by atoms with Gasteiger partial charge < -0.3 is 20.1 Å². The Kier molecular flexibility index (Phi) is 9.10. The molecule has 222 valence electrons. The fourth-order valence-corrected chi connectivity index (χ4v) is 6.05. The summed E-state index contributed by atoms with van der Waals surface area (Å²) in [6.45, 7) is 2.17. The van der Waals surface area contributed by atoms with E-state index < -0.39 is 6.03 Å². The molecule has 0 aliphatic carbocycles. The van der Waals surface area contributed by atoms with Crippen molar-refractivity contribution in [2.75, 3.05) is 25.6 Å². The van der Waals surface area contributed by atoms with Gasteiger partial charge in [0.25, 0.3) is 0 Å². The van der Waals surface area contributed by atoms with Gasteiger partial charge in [-0.05, 0) is 54.2 Å². The molecule has 9 nitrogen and oxygen atoms in total. The monoisotopic (exact) mass is 642 g/mol. The molecule has 2 aromatic carbocycles. The molecule has 0 saturated carbocycles. The summed E-state index contributed by atoms with van der Waals surface area (Å²) >= 11 is 13.6. The fraction of sp³-hybridized carbons (Fsp3) is 0.125. The van der Waals surface area contributed by atoms with Gasteiger partial charge in [-0.3, -0.25) is 14.5 Å². The maximum atomic E-state index is 13.0. The Balaban J connectivity index is 1.15. The molecule has 0 aliphatic heterocycles. The topological polar surface area (TPSA) is 95.2 Å². The maximum Gasteiger partial charge on any atom is 0.332 e. The molecule has 12 heteroatoms. The van der Waals surface area contributed by atoms with Gasteiger partial charge in [0.05, 0.1) is 38.1 Å². The van der Waals surface area contributed by atoms with Gasteiger partial charge in [0.1, 0.15) is 11.5 Å². The number of halogens is 1. The second-order valence-corrected chi connectivity index (χ2v) is 11.5. The first-order chi connectivity index (χ1) is 21.5. The van der Waals surface area contributed by atoms with Gasteiger partial charge in [-0.15, -0.1) is 11.3 Å². The van der Waals surface area contributed by atoms with E-state index in [0.717, 1.165) is 45.1 Å². The van der Waals surface area contributed by atoms with E-state index >= 15 is 0 Å². The second-order valence-electron chi connectivity index (χ2n) is 9.69. The van der Waals surface area contributed by atoms with E-state index in [1.807, 2.05) is 54.7 Å². The third kappa shape index (κ3) is 6.57. The minimum absolute atomic E-state index is 0.322. The predicted molar refractivity (Wildman–Crippen MR) is 177 cm³/mol. The average molecular weight is 643 g/mol. The van der Waals surface area contributed by atoms with Crippen LogP contribution in [0, 0.1) is 4.77 Å². The van der Waals surface area contributed by atoms with Crippen molar-refractivity contribution in [3.63, 3.8) is 0 Å². The van der Waals surface area contributed by atoms with Gasteiger partial charge in [-0.25, -0.2) is 9.36 Å². The highest BCUT2D eigenvalue weighted by Crippen LogP contribution is 2.39. The van der Waals surface area contributed by atoms with E-state index in [1.54, 1.807) is 59.8 Å². The highest BCUT2D eigenvalue weighted by Gasteiger charge is 2.15. The Hall–Kier alpha value is -4.39. The SMILES string of the molecule is COCCNCc1ccc(-c2cc3nccc(Oc4ccc(NC(=O)n5ccn(-c6ccccc6)c5=S)c(Cl)c4)c3s2)nc1. The molecule has 6 aromatic rings. The van der Waals surface area contributed by atoms with Crippen LogP contribution in [0.1, 0.15) is 5.56 Å². The number of thiophene rings is 1. The summed E-state index contributed by atoms with van der Waals surface area (Å²) in [5.41, 5.74) is 4.06. The number of para-hydroxylation sites is 1. The van der Waals surface area contributed by atoms with E-state index in [-0.39, 0.29) is 0 Å². The number of hydrogen-bond acceptors (Lipinski definition) is 8. The highest BCUT2D eigenvalue weighted by atomic mass is 35.5. The van der Waals surface area contributed by atoms with E-state index in [1.165, 1.54) is 4.57 Å². The number of carbonyl (C=O) groups is 1. The lowest BCUT2D eigenvalue weighted by molar-refractivity contribution is 0.199. The number of nitrogens with zero attached hydrogens (tertiary/aromatic N) is 4. The number of rotatable bonds is 10. The normalized spacial score (nSPS) is 11.1. The number of amides is 1. The number of ether oxygens (including phenoxy) is 2. The molecule has 4 aromatic heterocycles. The van der Waals surface area contributed by atoms with Gasteiger partial charge >= 0.3 is 6.03 Å². The van der Waals surface area contributed by atoms with E-state index in [9.17, 15) is 4.79 Å². The zero-order valence-electron chi connectivity index (χ0n) is 23.6. The molecule has 0 spiro atoms. The van der Waals surface area contributed by atoms with E-state index in [4.69, 9.17) is 33.3 Å². The third-order valence-corrected chi connectivity index (χ3v) is 8.57. The van der Waals surface area contributed by atoms with Crippen LogP contribution >= 0.6 is 35.2 Å². The van der Waals surface area contributed by atoms with Crippen LogP contribution in [0.15, 0.2) is 97.6 Å². The largest absolute Gasteiger partial charge is 0.456 e. The molecule has 0 bridgehead atoms. The minimum atomic E-state index is -0.425. The van der Waals surface area contributed by atoms with Crippen LogP contribution in [0.4, 0.5) is 10.5 Å². The molecule has 0 atom stereocenters. The number of hydrogen-bond donors (Lipinski definition) is 2. The number of carbonyl (C=O) groups excluding carboxylic acids is 1. The maximum absolute atomic E-state index is 13.0. The van der Waals surface area contributed by atoms with Crippen LogP contribution in [0.3, 0.4) is 0 Å². The van der Waals surface area contributed by atoms with Gasteiger partial charge in [-0.2, -0.15) is 0 Å². The molecule has 2 N–H and O–H groups in total. The predicted octanol–water partition coefficient (Wildman–Crippen LogP) is 7.94. The minimum Gasteiger partial charge on any atom is -0.456 e. The Bertz CT molecular complexity index is 1970. The van der Waals surface area contributed by atoms with Crippen LogP contribution in [-0.2, 0) is 11.3 Å². The summed E-state index contributed by atoms with van der Waals surface area (Å²) in [6.07, 6.45) is 6.94. The fourth-order valence-electron chi connectivity index (χ4n) is 4.48. The lowest BCUT2D eigenvalue weighted by Gasteiger charge is -2.11. The molecule has 0 saturated heterocycles. The average Bonchev–Trinajstić information content (AvgIpc) is 3.66. The summed E-state index contributed by atoms with van der Waals surface area (Å²) in [5.74, 6) is 1.16. The van der Waals surface area contributed by atoms with Gasteiger partial charge in [0, 0.05) is 62.8 Å². The van der Waals surface area contributed by atoms with Gasteiger partial charge in [0.2, 0.25) is 0 Å². The Morgan fingerprint density at radius 3 is 2.68 bits per heavy atom. The molecule has 1 amide bonds. The summed E-state index contributed by atoms with van der Waals surface area (Å²) < 4.78 is 15.6. The third-order valence-electron chi connectivity index (χ3n) is 6.71. The van der Waals surface area contributed by atoms with Crippen LogP contribution in [0.25, 0.3) is 26.5 Å². The van der Waals surface area contributed by atoms with Crippen molar-refractivity contribution in [3.05, 3.63) is 113 Å². The number of fused-ring (bicyclic) bond motifs is 1. The van der Waals surface area contributed by atoms with Crippen molar-refractivity contribution in [2.45, 2.75) is 6.54 Å². The number of aromatic nitrogens is 4. The summed E-state index contributed by atoms with van der Waals surface area (Å²) in [7, 11) is 1.69. The van der Waals surface area contributed by atoms with Crippen molar-refractivity contribution >= 4 is 57.1 Å². The zero-order valence-corrected chi connectivity index (χ0v) is 26.0. The number of nitrogens with one attached hydrogen (secondary N) is 2. The van der Waals surface area contributed by atoms with Crippen LogP contribution in [0.2, 0.25) is 5.02 Å². The quantitative estimate of drug-likeness (QED) is 0.116. The molecule has 0 fully saturated rings. The molecule has 0 unspecified atom stereocenters. The zero-order chi connectivity index (χ0) is 30.5. The number of pyridine rings is 2. The first kappa shape index (κ1) is 29.7. The van der Waals surface area contributed by atoms with E-state index in [0.29, 0.717) is 33.6 Å². The summed E-state index contributed by atoms with van der Waals surface area (Å²) in [4.78, 5) is 23.2. The lowest BCUT2D eigenvalue weighted by Crippen LogP contribution is -2.19. The van der Waals surface area contributed by atoms with Crippen molar-refractivity contribution in [1.82, 2.24) is 24.4 Å². The van der Waals surface area contributed by atoms with Crippen molar-refractivity contribution in [2.24, 2.45) is 0 Å². The molecule has 4 heterocycles. The van der Waals surface area contributed by atoms with Crippen molar-refractivity contribution < 1.29 is 14.3 Å². The van der Waals surface area contributed by atoms with Crippen molar-refractivity contribution in [3.8, 4) is 27.8 Å². The summed E-state index contributed by atoms with van der Waals surface area (Å²) in [6, 6.07) is 22.1. The number of imidazole rings is 1. The van der Waals surface area contributed by atoms with Crippen LogP contribution in [0.5, 0.6) is 11.5 Å². The molecule has 44 heavy (non-hydrogen) atoms. The molecular weight excluding hydrogens is 616 g/mol. The second kappa shape index (κ2) is 13.5. The van der Waals surface area contributed by atoms with Crippen LogP contribution < -0.4 is 15.4 Å². The van der Waals surface area contributed by atoms with Gasteiger partial charge in [-0.1, -0.05) is 35.9 Å². The van der Waals surface area contributed by atoms with Crippen molar-refractivity contribution in [1.29, 1.82) is 0 Å². The number of methoxy groups -OCH3 is 1. The number of anilines is 1. The summed E-state index contributed by atoms with van der Waals surface area (Å²) in [5, 5.41) is 6.47. The molecular formula is C32H27ClN6O3S2. The molecule has 6 rings (SSSR count). The first-order valence-corrected chi connectivity index (χ1v) is 15.3. The first-order valence-electron chi connectivity index (χ1n) is 13.7. The van der Waals surface area contributed by atoms with Gasteiger partial charge in [0.15, 0.2) is 4.77 Å². The van der Waals surface area contributed by atoms with Crippen LogP contribution in [-0.4, -0.2) is 45.4 Å². The highest BCUT2D eigenvalue weighted by molar-refractivity contribution is 7.71. The lowest BCUT2D eigenvalue weighted by atomic mass is 10.2. The molecule has 0 radical (unpaired) electrons.